The molecule has 0 spiro atoms. The minimum Gasteiger partial charge on any atom is -0.382 e. The second kappa shape index (κ2) is 9.80. The van der Waals surface area contributed by atoms with Gasteiger partial charge in [-0.2, -0.15) is 0 Å². The van der Waals surface area contributed by atoms with Crippen LogP contribution in [-0.2, 0) is 9.47 Å². The van der Waals surface area contributed by atoms with E-state index in [9.17, 15) is 8.78 Å². The highest BCUT2D eigenvalue weighted by atomic mass is 19.1. The van der Waals surface area contributed by atoms with Gasteiger partial charge in [0.2, 0.25) is 0 Å². The van der Waals surface area contributed by atoms with E-state index in [4.69, 9.17) is 9.47 Å². The van der Waals surface area contributed by atoms with Crippen molar-refractivity contribution >= 4 is 0 Å². The van der Waals surface area contributed by atoms with Crippen molar-refractivity contribution in [1.29, 1.82) is 0 Å². The number of methoxy groups -OCH3 is 1. The van der Waals surface area contributed by atoms with Crippen LogP contribution in [0.1, 0.15) is 31.4 Å². The lowest BCUT2D eigenvalue weighted by Crippen LogP contribution is -2.21. The number of rotatable bonds is 10. The topological polar surface area (TPSA) is 30.5 Å². The number of hydrogen-bond donors (Lipinski definition) is 1. The number of ether oxygens (including phenoxy) is 2. The summed E-state index contributed by atoms with van der Waals surface area (Å²) in [5.74, 6) is -1.06. The lowest BCUT2D eigenvalue weighted by Gasteiger charge is -2.15. The Morgan fingerprint density at radius 3 is 2.65 bits per heavy atom. The van der Waals surface area contributed by atoms with Crippen molar-refractivity contribution in [2.75, 3.05) is 33.5 Å². The maximum absolute atomic E-state index is 13.5. The van der Waals surface area contributed by atoms with Crippen molar-refractivity contribution in [2.24, 2.45) is 0 Å². The smallest absolute Gasteiger partial charge is 0.130 e. The van der Waals surface area contributed by atoms with Crippen LogP contribution in [0.5, 0.6) is 0 Å². The molecule has 3 nitrogen and oxygen atoms in total. The lowest BCUT2D eigenvalue weighted by molar-refractivity contribution is 0.0687. The van der Waals surface area contributed by atoms with E-state index >= 15 is 0 Å². The van der Waals surface area contributed by atoms with Crippen LogP contribution in [0.15, 0.2) is 18.2 Å². The van der Waals surface area contributed by atoms with E-state index in [-0.39, 0.29) is 6.04 Å². The van der Waals surface area contributed by atoms with Crippen molar-refractivity contribution < 1.29 is 18.3 Å². The number of unbranched alkanes of at least 4 members (excludes halogenated alkanes) is 1. The van der Waals surface area contributed by atoms with E-state index in [0.29, 0.717) is 25.4 Å². The van der Waals surface area contributed by atoms with Crippen LogP contribution in [0.4, 0.5) is 8.78 Å². The van der Waals surface area contributed by atoms with E-state index in [1.807, 2.05) is 6.92 Å². The highest BCUT2D eigenvalue weighted by molar-refractivity contribution is 5.21. The third-order valence-electron chi connectivity index (χ3n) is 3.03. The fourth-order valence-corrected chi connectivity index (χ4v) is 1.85. The predicted molar refractivity (Wildman–Crippen MR) is 74.7 cm³/mol. The van der Waals surface area contributed by atoms with Crippen LogP contribution in [0, 0.1) is 11.6 Å². The van der Waals surface area contributed by atoms with Gasteiger partial charge >= 0.3 is 0 Å². The fraction of sp³-hybridized carbons (Fsp3) is 0.600. The predicted octanol–water partition coefficient (Wildman–Crippen LogP) is 3.06. The van der Waals surface area contributed by atoms with Gasteiger partial charge in [-0.15, -0.1) is 0 Å². The molecule has 0 bridgehead atoms. The molecule has 0 aliphatic rings. The molecule has 114 valence electrons. The summed E-state index contributed by atoms with van der Waals surface area (Å²) < 4.78 is 36.6. The van der Waals surface area contributed by atoms with Gasteiger partial charge in [-0.3, -0.25) is 0 Å². The monoisotopic (exact) mass is 287 g/mol. The molecule has 20 heavy (non-hydrogen) atoms. The van der Waals surface area contributed by atoms with Crippen LogP contribution in [0.3, 0.4) is 0 Å². The summed E-state index contributed by atoms with van der Waals surface area (Å²) in [6.45, 7) is 4.56. The van der Waals surface area contributed by atoms with E-state index in [1.165, 1.54) is 12.1 Å². The SMILES string of the molecule is COCCOCCCCNC(C)c1ccc(F)cc1F. The van der Waals surface area contributed by atoms with Crippen LogP contribution in [0.2, 0.25) is 0 Å². The van der Waals surface area contributed by atoms with E-state index in [0.717, 1.165) is 25.5 Å². The van der Waals surface area contributed by atoms with Crippen molar-refractivity contribution in [3.63, 3.8) is 0 Å². The standard InChI is InChI=1S/C15H23F2NO2/c1-12(14-6-5-13(16)11-15(14)17)18-7-3-4-8-20-10-9-19-2/h5-6,11-12,18H,3-4,7-10H2,1-2H3. The third kappa shape index (κ3) is 6.41. The molecule has 1 aromatic carbocycles. The first-order chi connectivity index (χ1) is 9.65. The van der Waals surface area contributed by atoms with Crippen molar-refractivity contribution in [3.8, 4) is 0 Å². The molecule has 1 aromatic rings. The Balaban J connectivity index is 2.15. The fourth-order valence-electron chi connectivity index (χ4n) is 1.85. The number of hydrogen-bond acceptors (Lipinski definition) is 3. The molecule has 0 aliphatic heterocycles. The summed E-state index contributed by atoms with van der Waals surface area (Å²) in [7, 11) is 1.64. The maximum atomic E-state index is 13.5. The average Bonchev–Trinajstić information content (AvgIpc) is 2.41. The molecule has 0 radical (unpaired) electrons. The largest absolute Gasteiger partial charge is 0.382 e. The van der Waals surface area contributed by atoms with Gasteiger partial charge in [0.25, 0.3) is 0 Å². The Kier molecular flexibility index (Phi) is 8.34. The molecule has 5 heteroatoms. The van der Waals surface area contributed by atoms with Gasteiger partial charge in [0.1, 0.15) is 11.6 Å². The Bertz CT molecular complexity index is 388. The molecule has 1 unspecified atom stereocenters. The van der Waals surface area contributed by atoms with Crippen molar-refractivity contribution in [2.45, 2.75) is 25.8 Å². The van der Waals surface area contributed by atoms with Gasteiger partial charge in [0, 0.05) is 31.4 Å². The zero-order chi connectivity index (χ0) is 14.8. The van der Waals surface area contributed by atoms with E-state index in [2.05, 4.69) is 5.32 Å². The minimum absolute atomic E-state index is 0.134. The summed E-state index contributed by atoms with van der Waals surface area (Å²) >= 11 is 0. The first kappa shape index (κ1) is 17.0. The molecule has 0 amide bonds. The van der Waals surface area contributed by atoms with Gasteiger partial charge in [-0.05, 0) is 32.4 Å². The first-order valence-corrected chi connectivity index (χ1v) is 6.90. The summed E-state index contributed by atoms with van der Waals surface area (Å²) in [4.78, 5) is 0. The first-order valence-electron chi connectivity index (χ1n) is 6.90. The number of nitrogens with one attached hydrogen (secondary N) is 1. The summed E-state index contributed by atoms with van der Waals surface area (Å²) in [5.41, 5.74) is 0.489. The van der Waals surface area contributed by atoms with Crippen molar-refractivity contribution in [3.05, 3.63) is 35.4 Å². The second-order valence-electron chi connectivity index (χ2n) is 4.65. The average molecular weight is 287 g/mol. The summed E-state index contributed by atoms with van der Waals surface area (Å²) in [5, 5.41) is 3.22. The zero-order valence-electron chi connectivity index (χ0n) is 12.1. The van der Waals surface area contributed by atoms with Crippen molar-refractivity contribution in [1.82, 2.24) is 5.32 Å². The Morgan fingerprint density at radius 2 is 1.95 bits per heavy atom. The van der Waals surface area contributed by atoms with Crippen LogP contribution >= 0.6 is 0 Å². The van der Waals surface area contributed by atoms with Gasteiger partial charge in [0.05, 0.1) is 13.2 Å². The summed E-state index contributed by atoms with van der Waals surface area (Å²) in [6.07, 6.45) is 1.88. The van der Waals surface area contributed by atoms with Crippen LogP contribution in [0.25, 0.3) is 0 Å². The lowest BCUT2D eigenvalue weighted by atomic mass is 10.1. The molecule has 0 heterocycles. The zero-order valence-corrected chi connectivity index (χ0v) is 12.1. The minimum atomic E-state index is -0.549. The molecule has 0 fully saturated rings. The quantitative estimate of drug-likeness (QED) is 0.671. The molecule has 0 aromatic heterocycles. The molecule has 1 rings (SSSR count). The van der Waals surface area contributed by atoms with Gasteiger partial charge < -0.3 is 14.8 Å². The highest BCUT2D eigenvalue weighted by Crippen LogP contribution is 2.17. The highest BCUT2D eigenvalue weighted by Gasteiger charge is 2.10. The maximum Gasteiger partial charge on any atom is 0.130 e. The Labute approximate surface area is 119 Å². The molecule has 0 saturated heterocycles. The number of benzene rings is 1. The molecule has 0 saturated carbocycles. The van der Waals surface area contributed by atoms with Crippen LogP contribution < -0.4 is 5.32 Å². The molecular formula is C15H23F2NO2. The van der Waals surface area contributed by atoms with Crippen LogP contribution in [-0.4, -0.2) is 33.5 Å². The van der Waals surface area contributed by atoms with Gasteiger partial charge in [-0.1, -0.05) is 6.07 Å². The van der Waals surface area contributed by atoms with Gasteiger partial charge in [0.15, 0.2) is 0 Å². The third-order valence-corrected chi connectivity index (χ3v) is 3.03. The molecule has 0 aliphatic carbocycles. The normalized spacial score (nSPS) is 12.6. The second-order valence-corrected chi connectivity index (χ2v) is 4.65. The number of halogens is 2. The summed E-state index contributed by atoms with van der Waals surface area (Å²) in [6, 6.07) is 3.54. The van der Waals surface area contributed by atoms with Gasteiger partial charge in [-0.25, -0.2) is 8.78 Å². The van der Waals surface area contributed by atoms with E-state index < -0.39 is 11.6 Å². The molecule has 1 atom stereocenters. The van der Waals surface area contributed by atoms with E-state index in [1.54, 1.807) is 7.11 Å². The Hall–Kier alpha value is -1.04. The Morgan fingerprint density at radius 1 is 1.15 bits per heavy atom. The molecule has 1 N–H and O–H groups in total. The molecular weight excluding hydrogens is 264 g/mol.